The van der Waals surface area contributed by atoms with Crippen LogP contribution in [0.25, 0.3) is 22.3 Å². The molecular formula is C32H36ClN7O2. The summed E-state index contributed by atoms with van der Waals surface area (Å²) in [5, 5.41) is 10.8. The number of likely N-dealkylation sites (tertiary alicyclic amines) is 1. The van der Waals surface area contributed by atoms with Crippen molar-refractivity contribution in [2.45, 2.75) is 57.0 Å². The Hall–Kier alpha value is -3.74. The van der Waals surface area contributed by atoms with Gasteiger partial charge >= 0.3 is 6.01 Å². The summed E-state index contributed by atoms with van der Waals surface area (Å²) in [5.41, 5.74) is 4.97. The number of aryl methyl sites for hydroxylation is 1. The van der Waals surface area contributed by atoms with E-state index in [4.69, 9.17) is 31.3 Å². The van der Waals surface area contributed by atoms with Gasteiger partial charge in [0.25, 0.3) is 0 Å². The van der Waals surface area contributed by atoms with Crippen molar-refractivity contribution < 1.29 is 9.53 Å². The summed E-state index contributed by atoms with van der Waals surface area (Å²) in [7, 11) is 2.11. The third-order valence-corrected chi connectivity index (χ3v) is 9.18. The third kappa shape index (κ3) is 5.53. The zero-order valence-corrected chi connectivity index (χ0v) is 24.8. The Morgan fingerprint density at radius 1 is 1.17 bits per heavy atom. The van der Waals surface area contributed by atoms with Crippen LogP contribution in [0.15, 0.2) is 36.9 Å². The predicted octanol–water partition coefficient (Wildman–Crippen LogP) is 4.81. The minimum atomic E-state index is -0.297. The molecule has 0 unspecified atom stereocenters. The predicted molar refractivity (Wildman–Crippen MR) is 164 cm³/mol. The number of likely N-dealkylation sites (N-methyl/N-ethyl adjacent to an activating group) is 1. The number of halogens is 1. The number of fused-ring (bicyclic) bond motifs is 2. The van der Waals surface area contributed by atoms with Gasteiger partial charge in [-0.05, 0) is 75.4 Å². The van der Waals surface area contributed by atoms with Crippen LogP contribution >= 0.6 is 11.6 Å². The van der Waals surface area contributed by atoms with Gasteiger partial charge in [-0.2, -0.15) is 15.2 Å². The summed E-state index contributed by atoms with van der Waals surface area (Å²) in [6.07, 6.45) is 8.15. The fourth-order valence-corrected chi connectivity index (χ4v) is 6.84. The number of rotatable bonds is 7. The molecule has 3 aromatic rings. The Bertz CT molecular complexity index is 1550. The highest BCUT2D eigenvalue weighted by Crippen LogP contribution is 2.38. The zero-order chi connectivity index (χ0) is 29.2. The average Bonchev–Trinajstić information content (AvgIpc) is 3.43. The molecule has 218 valence electrons. The lowest BCUT2D eigenvalue weighted by Gasteiger charge is -2.41. The molecule has 2 saturated heterocycles. The van der Waals surface area contributed by atoms with E-state index in [0.29, 0.717) is 48.8 Å². The summed E-state index contributed by atoms with van der Waals surface area (Å²) >= 11 is 6.98. The van der Waals surface area contributed by atoms with E-state index < -0.39 is 0 Å². The Morgan fingerprint density at radius 3 is 2.81 bits per heavy atom. The van der Waals surface area contributed by atoms with Gasteiger partial charge in [0.15, 0.2) is 5.65 Å². The molecule has 0 spiro atoms. The van der Waals surface area contributed by atoms with Crippen molar-refractivity contribution in [1.29, 1.82) is 5.26 Å². The number of nitriles is 1. The fraction of sp³-hybridized carbons (Fsp3) is 0.469. The molecule has 3 aliphatic rings. The van der Waals surface area contributed by atoms with Crippen LogP contribution in [0, 0.1) is 11.3 Å². The molecule has 42 heavy (non-hydrogen) atoms. The van der Waals surface area contributed by atoms with Gasteiger partial charge in [0.1, 0.15) is 12.4 Å². The van der Waals surface area contributed by atoms with Crippen LogP contribution in [0.2, 0.25) is 5.02 Å². The highest BCUT2D eigenvalue weighted by molar-refractivity contribution is 6.34. The SMILES string of the molecule is C=CC(=O)N1CCN(c2nc(OC[C@@H]3CCCN3C)nc3nc(-c4cccc5c4CCCC5)c(Cl)cc23)C[C@@H]1CC#N. The van der Waals surface area contributed by atoms with Crippen molar-refractivity contribution in [3.05, 3.63) is 53.1 Å². The lowest BCUT2D eigenvalue weighted by molar-refractivity contribution is -0.128. The largest absolute Gasteiger partial charge is 0.462 e. The van der Waals surface area contributed by atoms with E-state index in [0.717, 1.165) is 55.3 Å². The molecule has 9 nitrogen and oxygen atoms in total. The van der Waals surface area contributed by atoms with Crippen molar-refractivity contribution in [1.82, 2.24) is 24.8 Å². The van der Waals surface area contributed by atoms with Crippen LogP contribution in [0.3, 0.4) is 0 Å². The first kappa shape index (κ1) is 28.4. The normalized spacial score (nSPS) is 20.8. The maximum atomic E-state index is 12.5. The van der Waals surface area contributed by atoms with Crippen LogP contribution in [-0.4, -0.2) is 82.6 Å². The molecule has 0 radical (unpaired) electrons. The first-order valence-corrected chi connectivity index (χ1v) is 15.2. The quantitative estimate of drug-likeness (QED) is 0.364. The second kappa shape index (κ2) is 12.2. The molecule has 2 fully saturated rings. The minimum absolute atomic E-state index is 0.173. The maximum absolute atomic E-state index is 12.5. The molecule has 6 rings (SSSR count). The molecule has 0 bridgehead atoms. The Kier molecular flexibility index (Phi) is 8.27. The summed E-state index contributed by atoms with van der Waals surface area (Å²) in [5.74, 6) is 0.479. The first-order valence-electron chi connectivity index (χ1n) is 14.8. The molecule has 0 N–H and O–H groups in total. The van der Waals surface area contributed by atoms with Crippen LogP contribution in [0.1, 0.15) is 43.2 Å². The number of ether oxygens (including phenoxy) is 1. The standard InChI is InChI=1S/C32H36ClN7O2/c1-3-28(41)40-17-16-39(19-22(40)13-14-34)31-26-18-27(33)29(25-12-6-9-21-8-4-5-11-24(21)25)35-30(26)36-32(37-31)42-20-23-10-7-15-38(23)2/h3,6,9,12,18,22-23H,1,4-5,7-8,10-11,13,15-17,19-20H2,2H3/t22-,23-/m0/s1. The smallest absolute Gasteiger partial charge is 0.320 e. The number of carbonyl (C=O) groups excluding carboxylic acids is 1. The van der Waals surface area contributed by atoms with Crippen molar-refractivity contribution in [3.63, 3.8) is 0 Å². The second-order valence-corrected chi connectivity index (χ2v) is 11.9. The fourth-order valence-electron chi connectivity index (χ4n) is 6.59. The van der Waals surface area contributed by atoms with E-state index in [-0.39, 0.29) is 24.4 Å². The van der Waals surface area contributed by atoms with Gasteiger partial charge in [-0.3, -0.25) is 4.79 Å². The van der Waals surface area contributed by atoms with E-state index in [9.17, 15) is 10.1 Å². The van der Waals surface area contributed by atoms with Gasteiger partial charge in [0.2, 0.25) is 5.91 Å². The molecule has 10 heteroatoms. The van der Waals surface area contributed by atoms with Crippen LogP contribution in [0.4, 0.5) is 5.82 Å². The highest BCUT2D eigenvalue weighted by Gasteiger charge is 2.32. The van der Waals surface area contributed by atoms with Crippen LogP contribution < -0.4 is 9.64 Å². The van der Waals surface area contributed by atoms with E-state index >= 15 is 0 Å². The lowest BCUT2D eigenvalue weighted by Crippen LogP contribution is -2.55. The monoisotopic (exact) mass is 585 g/mol. The molecule has 1 aliphatic carbocycles. The number of pyridine rings is 1. The number of benzene rings is 1. The van der Waals surface area contributed by atoms with Crippen molar-refractivity contribution >= 4 is 34.4 Å². The number of nitrogens with zero attached hydrogens (tertiary/aromatic N) is 7. The summed E-state index contributed by atoms with van der Waals surface area (Å²) in [6.45, 7) is 6.60. The molecule has 2 aromatic heterocycles. The molecular weight excluding hydrogens is 550 g/mol. The third-order valence-electron chi connectivity index (χ3n) is 8.89. The average molecular weight is 586 g/mol. The van der Waals surface area contributed by atoms with Gasteiger partial charge in [-0.25, -0.2) is 4.98 Å². The number of piperazine rings is 1. The van der Waals surface area contributed by atoms with Gasteiger partial charge in [-0.15, -0.1) is 0 Å². The lowest BCUT2D eigenvalue weighted by atomic mass is 9.87. The summed E-state index contributed by atoms with van der Waals surface area (Å²) < 4.78 is 6.22. The Balaban J connectivity index is 1.42. The van der Waals surface area contributed by atoms with Gasteiger partial charge in [0, 0.05) is 31.2 Å². The van der Waals surface area contributed by atoms with E-state index in [1.165, 1.54) is 23.6 Å². The Morgan fingerprint density at radius 2 is 2.02 bits per heavy atom. The number of anilines is 1. The Labute approximate surface area is 251 Å². The van der Waals surface area contributed by atoms with E-state index in [1.54, 1.807) is 4.90 Å². The molecule has 4 heterocycles. The van der Waals surface area contributed by atoms with Gasteiger partial charge in [-0.1, -0.05) is 36.4 Å². The summed E-state index contributed by atoms with van der Waals surface area (Å²) in [6, 6.07) is 10.8. The topological polar surface area (TPSA) is 98.5 Å². The zero-order valence-electron chi connectivity index (χ0n) is 24.1. The molecule has 0 saturated carbocycles. The van der Waals surface area contributed by atoms with E-state index in [1.807, 2.05) is 6.07 Å². The van der Waals surface area contributed by atoms with Crippen molar-refractivity contribution in [3.8, 4) is 23.3 Å². The van der Waals surface area contributed by atoms with E-state index in [2.05, 4.69) is 47.7 Å². The molecule has 2 atom stereocenters. The van der Waals surface area contributed by atoms with Gasteiger partial charge < -0.3 is 19.4 Å². The highest BCUT2D eigenvalue weighted by atomic mass is 35.5. The molecule has 2 aliphatic heterocycles. The summed E-state index contributed by atoms with van der Waals surface area (Å²) in [4.78, 5) is 33.3. The number of hydrogen-bond acceptors (Lipinski definition) is 8. The number of carbonyl (C=O) groups is 1. The number of hydrogen-bond donors (Lipinski definition) is 0. The maximum Gasteiger partial charge on any atom is 0.320 e. The molecule has 1 aromatic carbocycles. The van der Waals surface area contributed by atoms with Crippen LogP contribution in [-0.2, 0) is 17.6 Å². The molecule has 1 amide bonds. The first-order chi connectivity index (χ1) is 20.5. The van der Waals surface area contributed by atoms with Gasteiger partial charge in [0.05, 0.1) is 34.6 Å². The second-order valence-electron chi connectivity index (χ2n) is 11.5. The van der Waals surface area contributed by atoms with Crippen LogP contribution in [0.5, 0.6) is 6.01 Å². The number of aromatic nitrogens is 3. The minimum Gasteiger partial charge on any atom is -0.462 e. The van der Waals surface area contributed by atoms with Crippen molar-refractivity contribution in [2.75, 3.05) is 44.7 Å². The number of amides is 1. The van der Waals surface area contributed by atoms with Crippen molar-refractivity contribution in [2.24, 2.45) is 0 Å².